The Balaban J connectivity index is 1.59. The van der Waals surface area contributed by atoms with Crippen molar-refractivity contribution >= 4 is 38.9 Å². The predicted octanol–water partition coefficient (Wildman–Crippen LogP) is 2.92. The highest BCUT2D eigenvalue weighted by Gasteiger charge is 2.36. The lowest BCUT2D eigenvalue weighted by atomic mass is 9.84. The molecule has 3 N–H and O–H groups in total. The van der Waals surface area contributed by atoms with Crippen LogP contribution >= 0.6 is 11.3 Å². The van der Waals surface area contributed by atoms with Crippen molar-refractivity contribution in [3.8, 4) is 0 Å². The topological polar surface area (TPSA) is 104 Å². The number of benzene rings is 1. The summed E-state index contributed by atoms with van der Waals surface area (Å²) in [5.74, 6) is -0.587. The maximum absolute atomic E-state index is 12.6. The predicted molar refractivity (Wildman–Crippen MR) is 118 cm³/mol. The number of hydrogen-bond acceptors (Lipinski definition) is 5. The van der Waals surface area contributed by atoms with Gasteiger partial charge in [0.05, 0.1) is 11.4 Å². The normalized spacial score (nSPS) is 15.7. The van der Waals surface area contributed by atoms with E-state index in [9.17, 15) is 18.0 Å². The fraction of sp³-hybridized carbons (Fsp3) is 0.429. The number of nitrogens with one attached hydrogen (secondary N) is 3. The molecule has 1 aliphatic carbocycles. The average Bonchev–Trinajstić information content (AvgIpc) is 3.36. The van der Waals surface area contributed by atoms with E-state index in [4.69, 9.17) is 0 Å². The Morgan fingerprint density at radius 3 is 2.50 bits per heavy atom. The Bertz CT molecular complexity index is 1010. The minimum atomic E-state index is -3.85. The summed E-state index contributed by atoms with van der Waals surface area (Å²) in [7, 11) is -3.85. The van der Waals surface area contributed by atoms with Crippen LogP contribution in [0.3, 0.4) is 0 Å². The van der Waals surface area contributed by atoms with Gasteiger partial charge < -0.3 is 10.6 Å². The number of sulfonamides is 1. The highest BCUT2D eigenvalue weighted by molar-refractivity contribution is 7.89. The van der Waals surface area contributed by atoms with Crippen molar-refractivity contribution in [1.29, 1.82) is 0 Å². The third-order valence-corrected chi connectivity index (χ3v) is 8.11. The van der Waals surface area contributed by atoms with E-state index in [2.05, 4.69) is 21.4 Å². The number of aryl methyl sites for hydroxylation is 1. The number of anilines is 1. The van der Waals surface area contributed by atoms with E-state index in [1.165, 1.54) is 23.9 Å². The molecule has 2 amide bonds. The smallest absolute Gasteiger partial charge is 0.241 e. The van der Waals surface area contributed by atoms with Gasteiger partial charge in [-0.25, -0.2) is 13.1 Å². The second-order valence-electron chi connectivity index (χ2n) is 7.73. The van der Waals surface area contributed by atoms with Crippen LogP contribution in [0, 0.1) is 6.92 Å². The highest BCUT2D eigenvalue weighted by atomic mass is 32.2. The van der Waals surface area contributed by atoms with Gasteiger partial charge in [-0.3, -0.25) is 9.59 Å². The number of hydrogen-bond donors (Lipinski definition) is 3. The summed E-state index contributed by atoms with van der Waals surface area (Å²) in [5.41, 5.74) is 0.961. The van der Waals surface area contributed by atoms with Crippen LogP contribution in [0.1, 0.15) is 43.0 Å². The van der Waals surface area contributed by atoms with Gasteiger partial charge >= 0.3 is 0 Å². The first kappa shape index (κ1) is 22.5. The molecule has 30 heavy (non-hydrogen) atoms. The van der Waals surface area contributed by atoms with Crippen LogP contribution in [-0.2, 0) is 25.0 Å². The van der Waals surface area contributed by atoms with Crippen LogP contribution in [0.2, 0.25) is 0 Å². The molecule has 1 saturated carbocycles. The Morgan fingerprint density at radius 2 is 1.90 bits per heavy atom. The fourth-order valence-electron chi connectivity index (χ4n) is 3.94. The lowest BCUT2D eigenvalue weighted by Gasteiger charge is -2.28. The molecule has 0 unspecified atom stereocenters. The van der Waals surface area contributed by atoms with Gasteiger partial charge in [-0.05, 0) is 55.0 Å². The molecule has 0 aliphatic heterocycles. The van der Waals surface area contributed by atoms with E-state index in [-0.39, 0.29) is 28.7 Å². The first-order valence-corrected chi connectivity index (χ1v) is 12.3. The lowest BCUT2D eigenvalue weighted by Crippen LogP contribution is -2.43. The van der Waals surface area contributed by atoms with Gasteiger partial charge in [0.15, 0.2) is 0 Å². The summed E-state index contributed by atoms with van der Waals surface area (Å²) >= 11 is 1.70. The second-order valence-corrected chi connectivity index (χ2v) is 10.4. The zero-order chi connectivity index (χ0) is 21.8. The van der Waals surface area contributed by atoms with Crippen LogP contribution in [0.5, 0.6) is 0 Å². The summed E-state index contributed by atoms with van der Waals surface area (Å²) in [6, 6.07) is 8.66. The fourth-order valence-corrected chi connectivity index (χ4v) is 6.14. The van der Waals surface area contributed by atoms with E-state index in [0.29, 0.717) is 17.8 Å². The molecule has 1 aromatic carbocycles. The van der Waals surface area contributed by atoms with Crippen molar-refractivity contribution in [2.45, 2.75) is 49.8 Å². The standard InChI is InChI=1S/C21H27N3O4S2/c1-15-12-17(24-16(2)25)7-8-18(15)30(27,28)23-13-20(26)22-14-21(9-3-4-10-21)19-6-5-11-29-19/h5-8,11-12,23H,3-4,9-10,13-14H2,1-2H3,(H,22,26)(H,24,25). The van der Waals surface area contributed by atoms with Gasteiger partial charge in [0.25, 0.3) is 0 Å². The maximum Gasteiger partial charge on any atom is 0.241 e. The Hall–Kier alpha value is -2.23. The molecule has 3 rings (SSSR count). The van der Waals surface area contributed by atoms with Gasteiger partial charge in [-0.15, -0.1) is 11.3 Å². The molecule has 1 aromatic heterocycles. The zero-order valence-corrected chi connectivity index (χ0v) is 18.8. The first-order chi connectivity index (χ1) is 14.2. The number of carbonyl (C=O) groups excluding carboxylic acids is 2. The highest BCUT2D eigenvalue weighted by Crippen LogP contribution is 2.42. The minimum absolute atomic E-state index is 0.0428. The molecular weight excluding hydrogens is 422 g/mol. The minimum Gasteiger partial charge on any atom is -0.354 e. The van der Waals surface area contributed by atoms with Crippen molar-refractivity contribution in [2.24, 2.45) is 0 Å². The largest absolute Gasteiger partial charge is 0.354 e. The van der Waals surface area contributed by atoms with Crippen LogP contribution < -0.4 is 15.4 Å². The van der Waals surface area contributed by atoms with Gasteiger partial charge in [0.2, 0.25) is 21.8 Å². The van der Waals surface area contributed by atoms with Crippen molar-refractivity contribution in [1.82, 2.24) is 10.0 Å². The van der Waals surface area contributed by atoms with E-state index in [1.807, 2.05) is 11.4 Å². The van der Waals surface area contributed by atoms with Crippen LogP contribution in [0.4, 0.5) is 5.69 Å². The van der Waals surface area contributed by atoms with Crippen LogP contribution in [-0.4, -0.2) is 33.3 Å². The van der Waals surface area contributed by atoms with Crippen LogP contribution in [0.15, 0.2) is 40.6 Å². The Morgan fingerprint density at radius 1 is 1.17 bits per heavy atom. The summed E-state index contributed by atoms with van der Waals surface area (Å²) in [5, 5.41) is 7.58. The number of thiophene rings is 1. The molecule has 1 aliphatic rings. The SMILES string of the molecule is CC(=O)Nc1ccc(S(=O)(=O)NCC(=O)NCC2(c3cccs3)CCCC2)c(C)c1. The maximum atomic E-state index is 12.6. The molecule has 1 heterocycles. The van der Waals surface area contributed by atoms with Crippen molar-refractivity contribution < 1.29 is 18.0 Å². The average molecular weight is 450 g/mol. The number of rotatable bonds is 8. The third kappa shape index (κ3) is 5.27. The first-order valence-electron chi connectivity index (χ1n) is 9.90. The van der Waals surface area contributed by atoms with Gasteiger partial charge in [-0.2, -0.15) is 0 Å². The van der Waals surface area contributed by atoms with E-state index in [1.54, 1.807) is 24.3 Å². The summed E-state index contributed by atoms with van der Waals surface area (Å²) in [6.45, 7) is 3.22. The number of amides is 2. The molecule has 0 atom stereocenters. The molecule has 0 bridgehead atoms. The molecule has 0 spiro atoms. The third-order valence-electron chi connectivity index (χ3n) is 5.44. The Labute approximate surface area is 181 Å². The molecule has 0 radical (unpaired) electrons. The van der Waals surface area contributed by atoms with E-state index in [0.717, 1.165) is 25.7 Å². The van der Waals surface area contributed by atoms with Gasteiger partial charge in [0.1, 0.15) is 0 Å². The van der Waals surface area contributed by atoms with E-state index < -0.39 is 10.0 Å². The Kier molecular flexibility index (Phi) is 6.95. The second kappa shape index (κ2) is 9.28. The molecule has 2 aromatic rings. The lowest BCUT2D eigenvalue weighted by molar-refractivity contribution is -0.120. The molecule has 9 heteroatoms. The van der Waals surface area contributed by atoms with E-state index >= 15 is 0 Å². The quantitative estimate of drug-likeness (QED) is 0.576. The molecule has 0 saturated heterocycles. The van der Waals surface area contributed by atoms with Crippen molar-refractivity contribution in [3.05, 3.63) is 46.2 Å². The van der Waals surface area contributed by atoms with Crippen molar-refractivity contribution in [2.75, 3.05) is 18.4 Å². The zero-order valence-electron chi connectivity index (χ0n) is 17.2. The summed E-state index contributed by atoms with van der Waals surface area (Å²) < 4.78 is 27.6. The van der Waals surface area contributed by atoms with Gasteiger partial charge in [-0.1, -0.05) is 18.9 Å². The molecule has 1 fully saturated rings. The summed E-state index contributed by atoms with van der Waals surface area (Å²) in [4.78, 5) is 24.9. The van der Waals surface area contributed by atoms with Crippen molar-refractivity contribution in [3.63, 3.8) is 0 Å². The number of carbonyl (C=O) groups is 2. The molecule has 7 nitrogen and oxygen atoms in total. The molecule has 162 valence electrons. The monoisotopic (exact) mass is 449 g/mol. The molecular formula is C21H27N3O4S2. The summed E-state index contributed by atoms with van der Waals surface area (Å²) in [6.07, 6.45) is 4.32. The van der Waals surface area contributed by atoms with Crippen LogP contribution in [0.25, 0.3) is 0 Å². The van der Waals surface area contributed by atoms with Gasteiger partial charge in [0, 0.05) is 29.4 Å².